The fourth-order valence-electron chi connectivity index (χ4n) is 1.49. The summed E-state index contributed by atoms with van der Waals surface area (Å²) in [7, 11) is -2.65. The van der Waals surface area contributed by atoms with Gasteiger partial charge in [0.05, 0.1) is 12.0 Å². The number of nitrogens with one attached hydrogen (secondary N) is 1. The predicted octanol–water partition coefficient (Wildman–Crippen LogP) is 1.59. The van der Waals surface area contributed by atoms with Crippen molar-refractivity contribution in [2.24, 2.45) is 0 Å². The molecule has 1 aromatic carbocycles. The van der Waals surface area contributed by atoms with Crippen molar-refractivity contribution in [3.8, 4) is 5.75 Å². The normalized spacial score (nSPS) is 10.9. The number of sulfonamides is 1. The lowest BCUT2D eigenvalue weighted by atomic mass is 10.2. The fourth-order valence-corrected chi connectivity index (χ4v) is 2.54. The van der Waals surface area contributed by atoms with Crippen LogP contribution in [0.1, 0.15) is 16.8 Å². The van der Waals surface area contributed by atoms with Crippen molar-refractivity contribution in [1.29, 1.82) is 0 Å². The van der Waals surface area contributed by atoms with Crippen LogP contribution in [0.3, 0.4) is 0 Å². The van der Waals surface area contributed by atoms with Crippen molar-refractivity contribution in [3.05, 3.63) is 48.6 Å². The summed E-state index contributed by atoms with van der Waals surface area (Å²) in [6.07, 6.45) is 1.97. The number of carbonyl (C=O) groups is 1. The van der Waals surface area contributed by atoms with Gasteiger partial charge in [0.1, 0.15) is 11.3 Å². The molecular weight excluding hydrogens is 294 g/mol. The number of methoxy groups -OCH3 is 1. The summed E-state index contributed by atoms with van der Waals surface area (Å²) in [4.78, 5) is 11.3. The SMILES string of the molecule is C=CC(=C)CCNS(=O)(=O)c1ccc(O)c(C(=O)OC)c1. The second-order valence-corrected chi connectivity index (χ2v) is 5.95. The summed E-state index contributed by atoms with van der Waals surface area (Å²) < 4.78 is 31.0. The highest BCUT2D eigenvalue weighted by molar-refractivity contribution is 7.89. The van der Waals surface area contributed by atoms with E-state index in [2.05, 4.69) is 22.6 Å². The Morgan fingerprint density at radius 2 is 2.14 bits per heavy atom. The molecule has 0 aromatic heterocycles. The van der Waals surface area contributed by atoms with Gasteiger partial charge in [0.25, 0.3) is 0 Å². The third-order valence-corrected chi connectivity index (χ3v) is 4.17. The van der Waals surface area contributed by atoms with Gasteiger partial charge >= 0.3 is 5.97 Å². The van der Waals surface area contributed by atoms with Gasteiger partial charge in [-0.2, -0.15) is 0 Å². The lowest BCUT2D eigenvalue weighted by molar-refractivity contribution is 0.0597. The molecule has 0 unspecified atom stereocenters. The van der Waals surface area contributed by atoms with E-state index in [-0.39, 0.29) is 22.8 Å². The van der Waals surface area contributed by atoms with E-state index >= 15 is 0 Å². The zero-order valence-corrected chi connectivity index (χ0v) is 12.4. The first-order valence-corrected chi connectivity index (χ1v) is 7.51. The summed E-state index contributed by atoms with van der Waals surface area (Å²) in [5.41, 5.74) is 0.495. The quantitative estimate of drug-likeness (QED) is 0.589. The number of rotatable bonds is 7. The molecule has 0 bridgehead atoms. The Bertz CT molecular complexity index is 664. The zero-order chi connectivity index (χ0) is 16.0. The van der Waals surface area contributed by atoms with Gasteiger partial charge in [-0.25, -0.2) is 17.9 Å². The van der Waals surface area contributed by atoms with Crippen molar-refractivity contribution in [2.75, 3.05) is 13.7 Å². The standard InChI is InChI=1S/C14H17NO5S/c1-4-10(2)7-8-15-21(18,19)11-5-6-13(16)12(9-11)14(17)20-3/h4-6,9,15-16H,1-2,7-8H2,3H3. The van der Waals surface area contributed by atoms with E-state index in [4.69, 9.17) is 0 Å². The van der Waals surface area contributed by atoms with Gasteiger partial charge in [0.2, 0.25) is 10.0 Å². The summed E-state index contributed by atoms with van der Waals surface area (Å²) in [6.45, 7) is 7.36. The third kappa shape index (κ3) is 4.44. The molecular formula is C14H17NO5S. The molecule has 0 aliphatic rings. The van der Waals surface area contributed by atoms with Crippen molar-refractivity contribution in [1.82, 2.24) is 4.72 Å². The van der Waals surface area contributed by atoms with Gasteiger partial charge < -0.3 is 9.84 Å². The number of esters is 1. The van der Waals surface area contributed by atoms with Crippen molar-refractivity contribution in [2.45, 2.75) is 11.3 Å². The number of hydrogen-bond acceptors (Lipinski definition) is 5. The molecule has 0 aliphatic carbocycles. The maximum Gasteiger partial charge on any atom is 0.341 e. The van der Waals surface area contributed by atoms with Crippen LogP contribution in [0.2, 0.25) is 0 Å². The number of aromatic hydroxyl groups is 1. The van der Waals surface area contributed by atoms with Crippen LogP contribution in [0, 0.1) is 0 Å². The van der Waals surface area contributed by atoms with E-state index in [1.165, 1.54) is 6.07 Å². The van der Waals surface area contributed by atoms with Crippen LogP contribution in [0.4, 0.5) is 0 Å². The van der Waals surface area contributed by atoms with Crippen molar-refractivity contribution < 1.29 is 23.1 Å². The average molecular weight is 311 g/mol. The van der Waals surface area contributed by atoms with Crippen molar-refractivity contribution >= 4 is 16.0 Å². The molecule has 0 radical (unpaired) electrons. The molecule has 0 saturated heterocycles. The van der Waals surface area contributed by atoms with Gasteiger partial charge in [-0.1, -0.05) is 24.8 Å². The van der Waals surface area contributed by atoms with Crippen molar-refractivity contribution in [3.63, 3.8) is 0 Å². The van der Waals surface area contributed by atoms with Gasteiger partial charge in [-0.3, -0.25) is 0 Å². The van der Waals surface area contributed by atoms with Crippen LogP contribution in [-0.4, -0.2) is 33.1 Å². The number of hydrogen-bond donors (Lipinski definition) is 2. The van der Waals surface area contributed by atoms with Crippen LogP contribution >= 0.6 is 0 Å². The Kier molecular flexibility index (Phi) is 5.69. The van der Waals surface area contributed by atoms with E-state index in [0.29, 0.717) is 12.0 Å². The first kappa shape index (κ1) is 16.9. The maximum atomic E-state index is 12.1. The van der Waals surface area contributed by atoms with Gasteiger partial charge in [-0.15, -0.1) is 0 Å². The predicted molar refractivity (Wildman–Crippen MR) is 78.6 cm³/mol. The molecule has 0 amide bonds. The molecule has 114 valence electrons. The van der Waals surface area contributed by atoms with E-state index < -0.39 is 16.0 Å². The first-order chi connectivity index (χ1) is 9.81. The van der Waals surface area contributed by atoms with E-state index in [1.54, 1.807) is 6.08 Å². The number of ether oxygens (including phenoxy) is 1. The number of allylic oxidation sites excluding steroid dienone is 1. The molecule has 0 atom stereocenters. The Labute approximate surface area is 123 Å². The van der Waals surface area contributed by atoms with Crippen LogP contribution in [0.5, 0.6) is 5.75 Å². The van der Waals surface area contributed by atoms with Gasteiger partial charge in [-0.05, 0) is 24.6 Å². The summed E-state index contributed by atoms with van der Waals surface area (Å²) in [6, 6.07) is 3.39. The summed E-state index contributed by atoms with van der Waals surface area (Å²) in [5.74, 6) is -1.16. The molecule has 0 heterocycles. The van der Waals surface area contributed by atoms with E-state index in [1.807, 2.05) is 0 Å². The number of phenols is 1. The lowest BCUT2D eigenvalue weighted by Gasteiger charge is -2.09. The minimum absolute atomic E-state index is 0.134. The molecule has 0 fully saturated rings. The zero-order valence-electron chi connectivity index (χ0n) is 11.6. The second kappa shape index (κ2) is 7.05. The molecule has 0 saturated carbocycles. The fraction of sp³-hybridized carbons (Fsp3) is 0.214. The molecule has 2 N–H and O–H groups in total. The van der Waals surface area contributed by atoms with Gasteiger partial charge in [0, 0.05) is 6.54 Å². The molecule has 1 aromatic rings. The third-order valence-electron chi connectivity index (χ3n) is 2.71. The van der Waals surface area contributed by atoms with Gasteiger partial charge in [0.15, 0.2) is 0 Å². The minimum atomic E-state index is -3.79. The molecule has 1 rings (SSSR count). The molecule has 6 nitrogen and oxygen atoms in total. The highest BCUT2D eigenvalue weighted by Gasteiger charge is 2.19. The van der Waals surface area contributed by atoms with Crippen LogP contribution in [0.15, 0.2) is 47.9 Å². The number of benzene rings is 1. The van der Waals surface area contributed by atoms with Crippen LogP contribution < -0.4 is 4.72 Å². The largest absolute Gasteiger partial charge is 0.507 e. The molecule has 21 heavy (non-hydrogen) atoms. The minimum Gasteiger partial charge on any atom is -0.507 e. The monoisotopic (exact) mass is 311 g/mol. The smallest absolute Gasteiger partial charge is 0.341 e. The summed E-state index contributed by atoms with van der Waals surface area (Å²) in [5, 5.41) is 9.54. The molecule has 0 aliphatic heterocycles. The summed E-state index contributed by atoms with van der Waals surface area (Å²) >= 11 is 0. The van der Waals surface area contributed by atoms with Crippen LogP contribution in [-0.2, 0) is 14.8 Å². The van der Waals surface area contributed by atoms with E-state index in [0.717, 1.165) is 19.2 Å². The Balaban J connectivity index is 2.96. The molecule has 0 spiro atoms. The number of phenolic OH excluding ortho intramolecular Hbond substituents is 1. The Morgan fingerprint density at radius 3 is 2.71 bits per heavy atom. The second-order valence-electron chi connectivity index (χ2n) is 4.18. The van der Waals surface area contributed by atoms with Crippen LogP contribution in [0.25, 0.3) is 0 Å². The molecule has 7 heteroatoms. The van der Waals surface area contributed by atoms with E-state index in [9.17, 15) is 18.3 Å². The average Bonchev–Trinajstić information content (AvgIpc) is 2.46. The highest BCUT2D eigenvalue weighted by atomic mass is 32.2. The topological polar surface area (TPSA) is 92.7 Å². The maximum absolute atomic E-state index is 12.1. The number of carbonyl (C=O) groups excluding carboxylic acids is 1. The Hall–Kier alpha value is -2.12. The highest BCUT2D eigenvalue weighted by Crippen LogP contribution is 2.22. The lowest BCUT2D eigenvalue weighted by Crippen LogP contribution is -2.25. The first-order valence-electron chi connectivity index (χ1n) is 6.03. The Morgan fingerprint density at radius 1 is 1.48 bits per heavy atom.